The van der Waals surface area contributed by atoms with Crippen molar-refractivity contribution in [3.05, 3.63) is 22.8 Å². The van der Waals surface area contributed by atoms with E-state index in [2.05, 4.69) is 9.72 Å². The number of pyridine rings is 1. The van der Waals surface area contributed by atoms with Gasteiger partial charge in [0.2, 0.25) is 0 Å². The molecule has 0 atom stereocenters. The summed E-state index contributed by atoms with van der Waals surface area (Å²) in [6.45, 7) is 2.17. The van der Waals surface area contributed by atoms with Gasteiger partial charge in [0.1, 0.15) is 0 Å². The molecule has 0 unspecified atom stereocenters. The average molecular weight is 173 g/mol. The minimum Gasteiger partial charge on any atom is -0.373 e. The third kappa shape index (κ3) is 2.20. The van der Waals surface area contributed by atoms with E-state index < -0.39 is 0 Å². The SMILES string of the molecule is Cc1cc(Cl)cc(OC=O)[nH+]1. The number of H-pyrrole nitrogens is 1. The Morgan fingerprint density at radius 2 is 2.36 bits per heavy atom. The molecule has 0 amide bonds. The van der Waals surface area contributed by atoms with Crippen LogP contribution in [0.25, 0.3) is 0 Å². The van der Waals surface area contributed by atoms with Crippen LogP contribution >= 0.6 is 11.6 Å². The smallest absolute Gasteiger partial charge is 0.373 e. The summed E-state index contributed by atoms with van der Waals surface area (Å²) in [7, 11) is 0. The second kappa shape index (κ2) is 3.34. The third-order valence-electron chi connectivity index (χ3n) is 1.12. The van der Waals surface area contributed by atoms with Crippen LogP contribution in [-0.2, 0) is 4.79 Å². The lowest BCUT2D eigenvalue weighted by Crippen LogP contribution is -2.11. The van der Waals surface area contributed by atoms with Gasteiger partial charge >= 0.3 is 12.4 Å². The lowest BCUT2D eigenvalue weighted by molar-refractivity contribution is -0.399. The van der Waals surface area contributed by atoms with E-state index in [4.69, 9.17) is 11.6 Å². The van der Waals surface area contributed by atoms with Crippen molar-refractivity contribution in [2.45, 2.75) is 6.92 Å². The first-order valence-corrected chi connectivity index (χ1v) is 3.40. The van der Waals surface area contributed by atoms with Crippen molar-refractivity contribution < 1.29 is 14.5 Å². The molecule has 0 fully saturated rings. The first kappa shape index (κ1) is 8.01. The van der Waals surface area contributed by atoms with Crippen LogP contribution in [0, 0.1) is 6.92 Å². The van der Waals surface area contributed by atoms with E-state index in [-0.39, 0.29) is 0 Å². The van der Waals surface area contributed by atoms with Gasteiger partial charge in [0, 0.05) is 13.0 Å². The molecule has 0 saturated heterocycles. The number of hydrogen-bond acceptors (Lipinski definition) is 2. The fourth-order valence-corrected chi connectivity index (χ4v) is 1.02. The second-order valence-corrected chi connectivity index (χ2v) is 2.50. The molecule has 0 aliphatic rings. The molecule has 0 spiro atoms. The highest BCUT2D eigenvalue weighted by molar-refractivity contribution is 6.30. The molecule has 1 rings (SSSR count). The Morgan fingerprint density at radius 3 is 2.91 bits per heavy atom. The monoisotopic (exact) mass is 172 g/mol. The molecule has 0 saturated carbocycles. The van der Waals surface area contributed by atoms with Crippen molar-refractivity contribution in [2.24, 2.45) is 0 Å². The third-order valence-corrected chi connectivity index (χ3v) is 1.34. The fraction of sp³-hybridized carbons (Fsp3) is 0.143. The van der Waals surface area contributed by atoms with Crippen molar-refractivity contribution >= 4 is 18.1 Å². The molecule has 58 valence electrons. The van der Waals surface area contributed by atoms with Gasteiger partial charge in [-0.15, -0.1) is 0 Å². The highest BCUT2D eigenvalue weighted by atomic mass is 35.5. The van der Waals surface area contributed by atoms with Crippen LogP contribution in [0.4, 0.5) is 0 Å². The molecular weight excluding hydrogens is 166 g/mol. The number of halogens is 1. The molecule has 0 aliphatic heterocycles. The Bertz CT molecular complexity index is 255. The van der Waals surface area contributed by atoms with Crippen molar-refractivity contribution in [1.29, 1.82) is 0 Å². The number of carbonyl (C=O) groups excluding carboxylic acids is 1. The Balaban J connectivity index is 2.98. The van der Waals surface area contributed by atoms with Gasteiger partial charge < -0.3 is 4.74 Å². The van der Waals surface area contributed by atoms with Gasteiger partial charge in [-0.05, 0) is 0 Å². The summed E-state index contributed by atoms with van der Waals surface area (Å²) in [6, 6.07) is 3.27. The zero-order chi connectivity index (χ0) is 8.27. The van der Waals surface area contributed by atoms with E-state index in [1.165, 1.54) is 6.07 Å². The van der Waals surface area contributed by atoms with E-state index in [9.17, 15) is 4.79 Å². The maximum atomic E-state index is 9.91. The van der Waals surface area contributed by atoms with E-state index in [0.29, 0.717) is 17.4 Å². The second-order valence-electron chi connectivity index (χ2n) is 2.06. The van der Waals surface area contributed by atoms with Crippen LogP contribution in [-0.4, -0.2) is 6.47 Å². The number of aryl methyl sites for hydroxylation is 1. The van der Waals surface area contributed by atoms with Crippen LogP contribution in [0.3, 0.4) is 0 Å². The number of aromatic nitrogens is 1. The van der Waals surface area contributed by atoms with Crippen LogP contribution in [0.2, 0.25) is 5.02 Å². The molecule has 1 N–H and O–H groups in total. The van der Waals surface area contributed by atoms with Crippen LogP contribution in [0.5, 0.6) is 5.88 Å². The highest BCUT2D eigenvalue weighted by Gasteiger charge is 2.04. The largest absolute Gasteiger partial charge is 0.375 e. The minimum atomic E-state index is 0.349. The molecule has 0 aromatic carbocycles. The Hall–Kier alpha value is -1.09. The summed E-state index contributed by atoms with van der Waals surface area (Å²) in [6.07, 6.45) is 0. The first-order valence-electron chi connectivity index (χ1n) is 3.02. The summed E-state index contributed by atoms with van der Waals surface area (Å²) >= 11 is 5.67. The highest BCUT2D eigenvalue weighted by Crippen LogP contribution is 2.12. The number of ether oxygens (including phenoxy) is 1. The van der Waals surface area contributed by atoms with Gasteiger partial charge in [0.05, 0.1) is 11.1 Å². The molecule has 11 heavy (non-hydrogen) atoms. The van der Waals surface area contributed by atoms with Crippen molar-refractivity contribution in [2.75, 3.05) is 0 Å². The predicted molar refractivity (Wildman–Crippen MR) is 39.4 cm³/mol. The van der Waals surface area contributed by atoms with Gasteiger partial charge in [0.25, 0.3) is 0 Å². The maximum Gasteiger partial charge on any atom is 0.375 e. The molecule has 0 radical (unpaired) electrons. The van der Waals surface area contributed by atoms with E-state index >= 15 is 0 Å². The van der Waals surface area contributed by atoms with Gasteiger partial charge in [-0.3, -0.25) is 4.79 Å². The molecule has 1 heterocycles. The molecule has 4 heteroatoms. The van der Waals surface area contributed by atoms with Crippen molar-refractivity contribution in [1.82, 2.24) is 0 Å². The molecule has 0 aliphatic carbocycles. The van der Waals surface area contributed by atoms with Gasteiger partial charge in [0.15, 0.2) is 5.69 Å². The fourth-order valence-electron chi connectivity index (χ4n) is 0.756. The number of carbonyl (C=O) groups is 1. The lowest BCUT2D eigenvalue weighted by Gasteiger charge is -1.91. The quantitative estimate of drug-likeness (QED) is 0.625. The maximum absolute atomic E-state index is 9.91. The summed E-state index contributed by atoms with van der Waals surface area (Å²) in [5, 5.41) is 0.540. The van der Waals surface area contributed by atoms with Crippen molar-refractivity contribution in [3.8, 4) is 5.88 Å². The molecule has 1 aromatic rings. The molecule has 0 bridgehead atoms. The van der Waals surface area contributed by atoms with Crippen LogP contribution in [0.15, 0.2) is 12.1 Å². The topological polar surface area (TPSA) is 40.4 Å². The number of nitrogens with one attached hydrogen (secondary N) is 1. The van der Waals surface area contributed by atoms with Crippen LogP contribution in [0.1, 0.15) is 5.69 Å². The van der Waals surface area contributed by atoms with Crippen LogP contribution < -0.4 is 9.72 Å². The van der Waals surface area contributed by atoms with Gasteiger partial charge in [-0.25, -0.2) is 0 Å². The lowest BCUT2D eigenvalue weighted by atomic mass is 10.4. The molecule has 3 nitrogen and oxygen atoms in total. The summed E-state index contributed by atoms with van der Waals surface area (Å²) in [5.74, 6) is 0.352. The number of aromatic amines is 1. The van der Waals surface area contributed by atoms with E-state index in [1.807, 2.05) is 6.92 Å². The average Bonchev–Trinajstić information content (AvgIpc) is 1.85. The zero-order valence-electron chi connectivity index (χ0n) is 5.93. The Kier molecular flexibility index (Phi) is 2.44. The van der Waals surface area contributed by atoms with Crippen molar-refractivity contribution in [3.63, 3.8) is 0 Å². The van der Waals surface area contributed by atoms with Gasteiger partial charge in [-0.2, -0.15) is 4.98 Å². The normalized spacial score (nSPS) is 9.27. The number of rotatable bonds is 2. The first-order chi connectivity index (χ1) is 5.22. The van der Waals surface area contributed by atoms with E-state index in [1.54, 1.807) is 6.07 Å². The zero-order valence-corrected chi connectivity index (χ0v) is 6.68. The van der Waals surface area contributed by atoms with Gasteiger partial charge in [-0.1, -0.05) is 11.6 Å². The number of hydrogen-bond donors (Lipinski definition) is 0. The Labute approximate surface area is 69.0 Å². The Morgan fingerprint density at radius 1 is 1.64 bits per heavy atom. The molecule has 1 aromatic heterocycles. The molecular formula is C7H7ClNO2+. The van der Waals surface area contributed by atoms with E-state index in [0.717, 1.165) is 5.69 Å². The predicted octanol–water partition coefficient (Wildman–Crippen LogP) is 0.998. The summed E-state index contributed by atoms with van der Waals surface area (Å²) < 4.78 is 4.55. The minimum absolute atomic E-state index is 0.349. The standard InChI is InChI=1S/C7H6ClNO2/c1-5-2-6(8)3-7(9-5)11-4-10/h2-4H,1H3/p+1. The summed E-state index contributed by atoms with van der Waals surface area (Å²) in [4.78, 5) is 12.7. The summed E-state index contributed by atoms with van der Waals surface area (Å²) in [5.41, 5.74) is 0.842.